The third-order valence-corrected chi connectivity index (χ3v) is 12.2. The van der Waals surface area contributed by atoms with E-state index >= 15 is 0 Å². The van der Waals surface area contributed by atoms with Crippen molar-refractivity contribution < 1.29 is 13.3 Å². The first-order valence-corrected chi connectivity index (χ1v) is 20.6. The van der Waals surface area contributed by atoms with Crippen LogP contribution in [0.4, 0.5) is 0 Å². The number of furan rings is 3. The van der Waals surface area contributed by atoms with Crippen LogP contribution in [-0.2, 0) is 6.42 Å². The normalized spacial score (nSPS) is 13.9. The van der Waals surface area contributed by atoms with Gasteiger partial charge in [0.25, 0.3) is 0 Å². The molecular weight excluding hydrogens is 751 g/mol. The van der Waals surface area contributed by atoms with Crippen LogP contribution in [0.2, 0.25) is 0 Å². The Balaban J connectivity index is 1.06. The first kappa shape index (κ1) is 33.8. The molecule has 0 bridgehead atoms. The van der Waals surface area contributed by atoms with Gasteiger partial charge in [0.15, 0.2) is 11.6 Å². The van der Waals surface area contributed by atoms with Crippen LogP contribution in [0.15, 0.2) is 189 Å². The lowest BCUT2D eigenvalue weighted by molar-refractivity contribution is 0.527. The second-order valence-corrected chi connectivity index (χ2v) is 15.8. The zero-order valence-corrected chi connectivity index (χ0v) is 32.7. The van der Waals surface area contributed by atoms with Crippen molar-refractivity contribution in [2.45, 2.75) is 12.3 Å². The second-order valence-electron chi connectivity index (χ2n) is 15.8. The first-order valence-electron chi connectivity index (χ1n) is 20.6. The van der Waals surface area contributed by atoms with Gasteiger partial charge in [-0.3, -0.25) is 0 Å². The van der Waals surface area contributed by atoms with Crippen molar-refractivity contribution in [3.63, 3.8) is 0 Å². The zero-order chi connectivity index (χ0) is 40.0. The molecule has 1 aliphatic carbocycles. The maximum atomic E-state index is 6.71. The molecule has 0 saturated heterocycles. The minimum atomic E-state index is -0.144. The van der Waals surface area contributed by atoms with Crippen molar-refractivity contribution >= 4 is 71.7 Å². The summed E-state index contributed by atoms with van der Waals surface area (Å²) in [6.07, 6.45) is 5.00. The SMILES string of the molecule is C1=CC(c2nc(-c3ccc(-c4ccccc4)cc3)nc(-c3cc(-c4cc5ccccc5c5oc6ccccc6c45)cc4oc5ccccc5c34)n2)Cc2oc3ccccc3c21. The van der Waals surface area contributed by atoms with E-state index in [1.54, 1.807) is 0 Å². The Labute approximate surface area is 349 Å². The molecule has 0 saturated carbocycles. The molecule has 6 heteroatoms. The molecule has 286 valence electrons. The highest BCUT2D eigenvalue weighted by molar-refractivity contribution is 6.22. The van der Waals surface area contributed by atoms with E-state index in [9.17, 15) is 0 Å². The Kier molecular flexibility index (Phi) is 7.33. The number of aromatic nitrogens is 3. The predicted octanol–water partition coefficient (Wildman–Crippen LogP) is 14.6. The molecule has 12 aromatic rings. The minimum Gasteiger partial charge on any atom is -0.460 e. The minimum absolute atomic E-state index is 0.144. The fourth-order valence-corrected chi connectivity index (χ4v) is 9.33. The Morgan fingerprint density at radius 2 is 1.05 bits per heavy atom. The third kappa shape index (κ3) is 5.39. The highest BCUT2D eigenvalue weighted by Crippen LogP contribution is 2.45. The number of nitrogens with zero attached hydrogens (tertiary/aromatic N) is 3. The van der Waals surface area contributed by atoms with Gasteiger partial charge in [-0.05, 0) is 64.0 Å². The predicted molar refractivity (Wildman–Crippen MR) is 245 cm³/mol. The van der Waals surface area contributed by atoms with E-state index in [4.69, 9.17) is 28.2 Å². The van der Waals surface area contributed by atoms with Gasteiger partial charge in [-0.1, -0.05) is 146 Å². The summed E-state index contributed by atoms with van der Waals surface area (Å²) < 4.78 is 19.8. The molecule has 0 spiro atoms. The van der Waals surface area contributed by atoms with E-state index in [-0.39, 0.29) is 5.92 Å². The number of para-hydroxylation sites is 3. The average Bonchev–Trinajstić information content (AvgIpc) is 4.03. The van der Waals surface area contributed by atoms with E-state index in [0.717, 1.165) is 110 Å². The molecule has 0 aliphatic heterocycles. The fourth-order valence-electron chi connectivity index (χ4n) is 9.33. The summed E-state index contributed by atoms with van der Waals surface area (Å²) in [5.74, 6) is 2.64. The molecule has 8 aromatic carbocycles. The van der Waals surface area contributed by atoms with Gasteiger partial charge in [-0.15, -0.1) is 0 Å². The molecule has 4 heterocycles. The van der Waals surface area contributed by atoms with Crippen LogP contribution in [0.25, 0.3) is 117 Å². The number of hydrogen-bond acceptors (Lipinski definition) is 6. The Hall–Kier alpha value is -8.09. The Morgan fingerprint density at radius 3 is 1.85 bits per heavy atom. The third-order valence-electron chi connectivity index (χ3n) is 12.2. The standard InChI is InChI=1S/C55H33N3O3/c1-2-12-32(13-3-1)33-22-24-34(25-23-33)53-56-54(36-26-27-40-39-16-6-9-19-45(39)59-48(40)30-36)58-55(57-53)44-29-37(31-49-50(44)41-17-7-10-20-46(41)60-49)43-28-35-14-4-5-15-38(35)52-51(43)42-18-8-11-21-47(42)61-52/h1-29,31,36H,30H2. The smallest absolute Gasteiger partial charge is 0.164 e. The Morgan fingerprint density at radius 1 is 0.426 bits per heavy atom. The van der Waals surface area contributed by atoms with Crippen molar-refractivity contribution in [3.05, 3.63) is 193 Å². The maximum absolute atomic E-state index is 6.71. The molecule has 0 fully saturated rings. The number of allylic oxidation sites excluding steroid dienone is 1. The number of hydrogen-bond donors (Lipinski definition) is 0. The molecule has 1 atom stereocenters. The van der Waals surface area contributed by atoms with Crippen LogP contribution in [0.5, 0.6) is 0 Å². The number of benzene rings is 8. The fraction of sp³-hybridized carbons (Fsp3) is 0.0364. The van der Waals surface area contributed by atoms with Gasteiger partial charge in [-0.25, -0.2) is 15.0 Å². The van der Waals surface area contributed by atoms with Gasteiger partial charge in [0, 0.05) is 61.3 Å². The molecule has 13 rings (SSSR count). The molecular formula is C55H33N3O3. The van der Waals surface area contributed by atoms with Gasteiger partial charge in [0.05, 0.1) is 0 Å². The van der Waals surface area contributed by atoms with Crippen LogP contribution in [0.3, 0.4) is 0 Å². The largest absolute Gasteiger partial charge is 0.460 e. The van der Waals surface area contributed by atoms with Gasteiger partial charge in [0.1, 0.15) is 39.5 Å². The van der Waals surface area contributed by atoms with Gasteiger partial charge in [-0.2, -0.15) is 0 Å². The number of rotatable bonds is 5. The van der Waals surface area contributed by atoms with Crippen LogP contribution >= 0.6 is 0 Å². The highest BCUT2D eigenvalue weighted by atomic mass is 16.3. The lowest BCUT2D eigenvalue weighted by atomic mass is 9.92. The van der Waals surface area contributed by atoms with E-state index in [1.807, 2.05) is 42.5 Å². The van der Waals surface area contributed by atoms with E-state index in [1.165, 1.54) is 0 Å². The summed E-state index contributed by atoms with van der Waals surface area (Å²) in [5, 5.41) is 7.34. The molecule has 61 heavy (non-hydrogen) atoms. The summed E-state index contributed by atoms with van der Waals surface area (Å²) >= 11 is 0. The van der Waals surface area contributed by atoms with Gasteiger partial charge in [0.2, 0.25) is 0 Å². The second kappa shape index (κ2) is 13.2. The highest BCUT2D eigenvalue weighted by Gasteiger charge is 2.27. The summed E-state index contributed by atoms with van der Waals surface area (Å²) in [6, 6.07) is 58.6. The maximum Gasteiger partial charge on any atom is 0.164 e. The molecule has 1 unspecified atom stereocenters. The quantitative estimate of drug-likeness (QED) is 0.173. The van der Waals surface area contributed by atoms with E-state index in [2.05, 4.69) is 140 Å². The summed E-state index contributed by atoms with van der Waals surface area (Å²) in [5.41, 5.74) is 11.3. The van der Waals surface area contributed by atoms with Gasteiger partial charge >= 0.3 is 0 Å². The first-order chi connectivity index (χ1) is 30.2. The molecule has 0 N–H and O–H groups in total. The molecule has 0 radical (unpaired) electrons. The summed E-state index contributed by atoms with van der Waals surface area (Å²) in [6.45, 7) is 0. The average molecular weight is 784 g/mol. The van der Waals surface area contributed by atoms with Crippen molar-refractivity contribution in [3.8, 4) is 45.0 Å². The monoisotopic (exact) mass is 783 g/mol. The molecule has 4 aromatic heterocycles. The summed E-state index contributed by atoms with van der Waals surface area (Å²) in [7, 11) is 0. The lowest BCUT2D eigenvalue weighted by Crippen LogP contribution is -2.11. The molecule has 6 nitrogen and oxygen atoms in total. The van der Waals surface area contributed by atoms with Crippen LogP contribution in [0, 0.1) is 0 Å². The zero-order valence-electron chi connectivity index (χ0n) is 32.7. The van der Waals surface area contributed by atoms with Crippen molar-refractivity contribution in [1.82, 2.24) is 15.0 Å². The van der Waals surface area contributed by atoms with Crippen molar-refractivity contribution in [2.75, 3.05) is 0 Å². The van der Waals surface area contributed by atoms with Crippen molar-refractivity contribution in [2.24, 2.45) is 0 Å². The lowest BCUT2D eigenvalue weighted by Gasteiger charge is -2.17. The van der Waals surface area contributed by atoms with Crippen LogP contribution < -0.4 is 0 Å². The van der Waals surface area contributed by atoms with E-state index in [0.29, 0.717) is 23.9 Å². The van der Waals surface area contributed by atoms with Crippen molar-refractivity contribution in [1.29, 1.82) is 0 Å². The summed E-state index contributed by atoms with van der Waals surface area (Å²) in [4.78, 5) is 16.0. The van der Waals surface area contributed by atoms with Gasteiger partial charge < -0.3 is 13.3 Å². The van der Waals surface area contributed by atoms with Crippen LogP contribution in [0.1, 0.15) is 23.1 Å². The van der Waals surface area contributed by atoms with Crippen LogP contribution in [-0.4, -0.2) is 15.0 Å². The Bertz CT molecular complexity index is 3740. The van der Waals surface area contributed by atoms with E-state index < -0.39 is 0 Å². The number of fused-ring (bicyclic) bond motifs is 11. The topological polar surface area (TPSA) is 78.1 Å². The molecule has 0 amide bonds. The molecule has 1 aliphatic rings.